The summed E-state index contributed by atoms with van der Waals surface area (Å²) in [5.74, 6) is 0. The third kappa shape index (κ3) is 4.21. The molecule has 0 aliphatic rings. The molecule has 0 amide bonds. The van der Waals surface area contributed by atoms with Crippen LogP contribution in [0.4, 0.5) is 5.69 Å². The molecule has 1 rings (SSSR count). The van der Waals surface area contributed by atoms with E-state index in [9.17, 15) is 4.79 Å². The van der Waals surface area contributed by atoms with Crippen LogP contribution in [-0.2, 0) is 4.79 Å². The zero-order valence-electron chi connectivity index (χ0n) is 9.52. The molecule has 17 heavy (non-hydrogen) atoms. The lowest BCUT2D eigenvalue weighted by Crippen LogP contribution is -2.08. The van der Waals surface area contributed by atoms with Crippen LogP contribution in [0.1, 0.15) is 5.56 Å². The average molecular weight is 271 g/mol. The molecule has 0 aliphatic carbocycles. The molecule has 0 heterocycles. The van der Waals surface area contributed by atoms with Gasteiger partial charge in [-0.15, -0.1) is 0 Å². The molecule has 0 aromatic heterocycles. The minimum atomic E-state index is -0.0620. The Balaban J connectivity index is 2.83. The molecule has 0 spiro atoms. The first-order chi connectivity index (χ1) is 8.04. The number of carbonyl (C=O) groups is 1. The Kier molecular flexibility index (Phi) is 5.19. The zero-order valence-corrected chi connectivity index (χ0v) is 11.0. The maximum Gasteiger partial charge on any atom is 0.162 e. The monoisotopic (exact) mass is 270 g/mol. The van der Waals surface area contributed by atoms with Crippen LogP contribution in [0.2, 0.25) is 0 Å². The van der Waals surface area contributed by atoms with Gasteiger partial charge in [0.2, 0.25) is 0 Å². The van der Waals surface area contributed by atoms with Crippen molar-refractivity contribution in [3.8, 4) is 0 Å². The van der Waals surface area contributed by atoms with E-state index in [1.165, 1.54) is 6.21 Å². The van der Waals surface area contributed by atoms with Crippen molar-refractivity contribution in [2.24, 2.45) is 5.10 Å². The van der Waals surface area contributed by atoms with Gasteiger partial charge in [0, 0.05) is 7.05 Å². The van der Waals surface area contributed by atoms with E-state index >= 15 is 0 Å². The van der Waals surface area contributed by atoms with Crippen molar-refractivity contribution in [1.29, 1.82) is 0 Å². The Bertz CT molecular complexity index is 469. The normalized spacial score (nSPS) is 12.5. The zero-order chi connectivity index (χ0) is 12.8. The van der Waals surface area contributed by atoms with Crippen molar-refractivity contribution in [1.82, 2.24) is 0 Å². The number of hydrazone groups is 1. The largest absolute Gasteiger partial charge is 0.297 e. The first-order valence-corrected chi connectivity index (χ1v) is 5.65. The fraction of sp³-hybridized carbons (Fsp3) is 0.167. The molecule has 0 radical (unpaired) electrons. The van der Waals surface area contributed by atoms with Crippen molar-refractivity contribution < 1.29 is 4.79 Å². The summed E-state index contributed by atoms with van der Waals surface area (Å²) in [6.07, 6.45) is 1.81. The smallest absolute Gasteiger partial charge is 0.162 e. The van der Waals surface area contributed by atoms with E-state index < -0.39 is 0 Å². The van der Waals surface area contributed by atoms with Gasteiger partial charge in [-0.25, -0.2) is 0 Å². The summed E-state index contributed by atoms with van der Waals surface area (Å²) in [6.45, 7) is 2.00. The first kappa shape index (κ1) is 13.7. The van der Waals surface area contributed by atoms with Crippen LogP contribution in [0.25, 0.3) is 0 Å². The van der Waals surface area contributed by atoms with Gasteiger partial charge in [0.1, 0.15) is 5.03 Å². The van der Waals surface area contributed by atoms with Gasteiger partial charge < -0.3 is 0 Å². The van der Waals surface area contributed by atoms with Gasteiger partial charge in [0.15, 0.2) is 6.29 Å². The number of nitrogens with zero attached hydrogens (tertiary/aromatic N) is 2. The van der Waals surface area contributed by atoms with Crippen LogP contribution < -0.4 is 5.01 Å². The van der Waals surface area contributed by atoms with Crippen LogP contribution in [0, 0.1) is 6.92 Å². The van der Waals surface area contributed by atoms with Crippen molar-refractivity contribution in [3.05, 3.63) is 39.9 Å². The number of carbonyl (C=O) groups excluding carboxylic acids is 1. The number of hydrogen-bond donors (Lipinski definition) is 0. The highest BCUT2D eigenvalue weighted by atomic mass is 35.5. The Labute approximate surface area is 110 Å². The Morgan fingerprint density at radius 1 is 1.35 bits per heavy atom. The standard InChI is InChI=1S/C12H12Cl2N2O/c1-9-4-3-5-10(6-9)16(2)15-7-11(13)12(14)8-17/h3-8H,1-2H3/b12-11-,15-7-. The molecule has 0 fully saturated rings. The molecule has 0 N–H and O–H groups in total. The lowest BCUT2D eigenvalue weighted by Gasteiger charge is -2.12. The summed E-state index contributed by atoms with van der Waals surface area (Å²) in [5.41, 5.74) is 2.06. The summed E-state index contributed by atoms with van der Waals surface area (Å²) in [5, 5.41) is 5.77. The van der Waals surface area contributed by atoms with E-state index in [0.717, 1.165) is 11.3 Å². The number of aryl methyl sites for hydroxylation is 1. The maximum absolute atomic E-state index is 10.4. The summed E-state index contributed by atoms with van der Waals surface area (Å²) >= 11 is 11.3. The van der Waals surface area contributed by atoms with E-state index in [0.29, 0.717) is 6.29 Å². The van der Waals surface area contributed by atoms with E-state index in [1.54, 1.807) is 12.1 Å². The SMILES string of the molecule is Cc1cccc(N(C)/N=C\C(Cl)=C(\Cl)C=O)c1. The van der Waals surface area contributed by atoms with Gasteiger partial charge in [-0.1, -0.05) is 35.3 Å². The molecule has 1 aromatic carbocycles. The second-order valence-corrected chi connectivity index (χ2v) is 4.24. The number of benzene rings is 1. The lowest BCUT2D eigenvalue weighted by molar-refractivity contribution is -0.104. The number of rotatable bonds is 4. The molecule has 5 heteroatoms. The van der Waals surface area contributed by atoms with E-state index in [-0.39, 0.29) is 10.1 Å². The van der Waals surface area contributed by atoms with Gasteiger partial charge in [-0.3, -0.25) is 9.80 Å². The molecule has 0 bridgehead atoms. The maximum atomic E-state index is 10.4. The molecule has 0 atom stereocenters. The number of halogens is 2. The number of aldehydes is 1. The number of hydrogen-bond acceptors (Lipinski definition) is 3. The molecular weight excluding hydrogens is 259 g/mol. The van der Waals surface area contributed by atoms with E-state index in [4.69, 9.17) is 23.2 Å². The topological polar surface area (TPSA) is 32.7 Å². The summed E-state index contributed by atoms with van der Waals surface area (Å²) in [4.78, 5) is 10.4. The second-order valence-electron chi connectivity index (χ2n) is 3.42. The predicted octanol–water partition coefficient (Wildman–Crippen LogP) is 3.31. The quantitative estimate of drug-likeness (QED) is 0.364. The van der Waals surface area contributed by atoms with Crippen LogP contribution in [-0.4, -0.2) is 19.5 Å². The van der Waals surface area contributed by atoms with Crippen LogP contribution >= 0.6 is 23.2 Å². The molecule has 3 nitrogen and oxygen atoms in total. The fourth-order valence-corrected chi connectivity index (χ4v) is 1.29. The van der Waals surface area contributed by atoms with Crippen LogP contribution in [0.5, 0.6) is 0 Å². The van der Waals surface area contributed by atoms with Gasteiger partial charge in [-0.2, -0.15) is 5.10 Å². The van der Waals surface area contributed by atoms with E-state index in [1.807, 2.05) is 31.2 Å². The Hall–Kier alpha value is -1.32. The fourth-order valence-electron chi connectivity index (χ4n) is 1.15. The Morgan fingerprint density at radius 2 is 2.06 bits per heavy atom. The summed E-state index contributed by atoms with van der Waals surface area (Å²) < 4.78 is 0. The van der Waals surface area contributed by atoms with Gasteiger partial charge in [0.05, 0.1) is 16.9 Å². The number of allylic oxidation sites excluding steroid dienone is 2. The molecular formula is C12H12Cl2N2O. The Morgan fingerprint density at radius 3 is 2.65 bits per heavy atom. The number of anilines is 1. The highest BCUT2D eigenvalue weighted by Crippen LogP contribution is 2.15. The average Bonchev–Trinajstić information content (AvgIpc) is 2.34. The molecule has 1 aromatic rings. The minimum Gasteiger partial charge on any atom is -0.297 e. The van der Waals surface area contributed by atoms with Crippen molar-refractivity contribution in [3.63, 3.8) is 0 Å². The lowest BCUT2D eigenvalue weighted by atomic mass is 10.2. The third-order valence-corrected chi connectivity index (χ3v) is 2.74. The molecule has 0 saturated heterocycles. The van der Waals surface area contributed by atoms with Gasteiger partial charge in [-0.05, 0) is 24.6 Å². The molecule has 0 aliphatic heterocycles. The van der Waals surface area contributed by atoms with Crippen molar-refractivity contribution in [2.45, 2.75) is 6.92 Å². The van der Waals surface area contributed by atoms with Gasteiger partial charge in [0.25, 0.3) is 0 Å². The van der Waals surface area contributed by atoms with Crippen LogP contribution in [0.15, 0.2) is 39.4 Å². The molecule has 0 saturated carbocycles. The summed E-state index contributed by atoms with van der Waals surface area (Å²) in [7, 11) is 1.78. The second kappa shape index (κ2) is 6.42. The van der Waals surface area contributed by atoms with Crippen LogP contribution in [0.3, 0.4) is 0 Å². The molecule has 90 valence electrons. The highest BCUT2D eigenvalue weighted by Gasteiger charge is 2.00. The third-order valence-electron chi connectivity index (χ3n) is 2.05. The van der Waals surface area contributed by atoms with E-state index in [2.05, 4.69) is 5.10 Å². The summed E-state index contributed by atoms with van der Waals surface area (Å²) in [6, 6.07) is 7.84. The highest BCUT2D eigenvalue weighted by molar-refractivity contribution is 6.50. The minimum absolute atomic E-state index is 0.0620. The molecule has 0 unspecified atom stereocenters. The predicted molar refractivity (Wildman–Crippen MR) is 72.9 cm³/mol. The van der Waals surface area contributed by atoms with Gasteiger partial charge >= 0.3 is 0 Å². The van der Waals surface area contributed by atoms with Crippen molar-refractivity contribution in [2.75, 3.05) is 12.1 Å². The first-order valence-electron chi connectivity index (χ1n) is 4.89. The van der Waals surface area contributed by atoms with Crippen molar-refractivity contribution >= 4 is 41.4 Å².